The zero-order valence-corrected chi connectivity index (χ0v) is 10.6. The summed E-state index contributed by atoms with van der Waals surface area (Å²) in [6, 6.07) is -0.278. The first-order valence-corrected chi connectivity index (χ1v) is 6.75. The van der Waals surface area contributed by atoms with E-state index < -0.39 is 5.97 Å². The molecule has 0 amide bonds. The van der Waals surface area contributed by atoms with Crippen molar-refractivity contribution in [2.45, 2.75) is 51.2 Å². The van der Waals surface area contributed by atoms with Gasteiger partial charge in [-0.05, 0) is 44.6 Å². The van der Waals surface area contributed by atoms with Gasteiger partial charge in [-0.1, -0.05) is 6.92 Å². The number of ether oxygens (including phenoxy) is 1. The summed E-state index contributed by atoms with van der Waals surface area (Å²) in [7, 11) is 0. The quantitative estimate of drug-likeness (QED) is 0.814. The van der Waals surface area contributed by atoms with Gasteiger partial charge in [0.05, 0.1) is 6.10 Å². The van der Waals surface area contributed by atoms with Crippen LogP contribution in [0, 0.1) is 5.92 Å². The van der Waals surface area contributed by atoms with Crippen LogP contribution in [0.3, 0.4) is 0 Å². The molecule has 3 unspecified atom stereocenters. The van der Waals surface area contributed by atoms with E-state index in [1.165, 1.54) is 0 Å². The second kappa shape index (κ2) is 5.83. The molecule has 0 aromatic carbocycles. The third kappa shape index (κ3) is 3.42. The molecule has 0 aliphatic carbocycles. The minimum Gasteiger partial charge on any atom is -0.480 e. The van der Waals surface area contributed by atoms with Gasteiger partial charge in [-0.25, -0.2) is 0 Å². The monoisotopic (exact) mass is 241 g/mol. The molecule has 0 spiro atoms. The molecule has 2 fully saturated rings. The predicted molar refractivity (Wildman–Crippen MR) is 65.0 cm³/mol. The molecule has 0 saturated carbocycles. The lowest BCUT2D eigenvalue weighted by Gasteiger charge is -2.36. The standard InChI is InChI=1S/C13H23NO3/c1-10-4-6-14(12(9-10)13(15)16)7-5-11-3-2-8-17-11/h10-12H,2-9H2,1H3,(H,15,16). The highest BCUT2D eigenvalue weighted by Gasteiger charge is 2.31. The smallest absolute Gasteiger partial charge is 0.320 e. The fourth-order valence-corrected chi connectivity index (χ4v) is 2.90. The van der Waals surface area contributed by atoms with Crippen LogP contribution in [0.25, 0.3) is 0 Å². The van der Waals surface area contributed by atoms with Crippen molar-refractivity contribution in [1.29, 1.82) is 0 Å². The van der Waals surface area contributed by atoms with Crippen LogP contribution in [0.1, 0.15) is 39.0 Å². The molecule has 3 atom stereocenters. The van der Waals surface area contributed by atoms with Crippen LogP contribution >= 0.6 is 0 Å². The van der Waals surface area contributed by atoms with Crippen LogP contribution in [0.2, 0.25) is 0 Å². The van der Waals surface area contributed by atoms with Crippen molar-refractivity contribution in [3.8, 4) is 0 Å². The zero-order valence-electron chi connectivity index (χ0n) is 10.6. The summed E-state index contributed by atoms with van der Waals surface area (Å²) in [5, 5.41) is 9.25. The van der Waals surface area contributed by atoms with Crippen molar-refractivity contribution in [2.24, 2.45) is 5.92 Å². The van der Waals surface area contributed by atoms with Gasteiger partial charge in [0.1, 0.15) is 6.04 Å². The number of piperidine rings is 1. The maximum atomic E-state index is 11.2. The van der Waals surface area contributed by atoms with Gasteiger partial charge in [0, 0.05) is 13.2 Å². The van der Waals surface area contributed by atoms with Gasteiger partial charge in [0.15, 0.2) is 0 Å². The van der Waals surface area contributed by atoms with Crippen molar-refractivity contribution >= 4 is 5.97 Å². The molecule has 2 rings (SSSR count). The molecular weight excluding hydrogens is 218 g/mol. The first kappa shape index (κ1) is 12.8. The Labute approximate surface area is 103 Å². The molecule has 4 nitrogen and oxygen atoms in total. The fourth-order valence-electron chi connectivity index (χ4n) is 2.90. The van der Waals surface area contributed by atoms with E-state index in [1.54, 1.807) is 0 Å². The van der Waals surface area contributed by atoms with Crippen molar-refractivity contribution in [1.82, 2.24) is 4.90 Å². The van der Waals surface area contributed by atoms with Crippen LogP contribution in [-0.4, -0.2) is 47.8 Å². The average Bonchev–Trinajstić information content (AvgIpc) is 2.80. The summed E-state index contributed by atoms with van der Waals surface area (Å²) in [6.07, 6.45) is 5.56. The third-order valence-corrected chi connectivity index (χ3v) is 4.02. The van der Waals surface area contributed by atoms with E-state index in [0.29, 0.717) is 12.0 Å². The lowest BCUT2D eigenvalue weighted by atomic mass is 9.92. The van der Waals surface area contributed by atoms with Crippen molar-refractivity contribution in [2.75, 3.05) is 19.7 Å². The van der Waals surface area contributed by atoms with E-state index in [1.807, 2.05) is 0 Å². The molecule has 2 saturated heterocycles. The molecule has 0 aromatic rings. The minimum absolute atomic E-state index is 0.278. The van der Waals surface area contributed by atoms with E-state index in [9.17, 15) is 9.90 Å². The van der Waals surface area contributed by atoms with Crippen LogP contribution in [0.4, 0.5) is 0 Å². The Kier molecular flexibility index (Phi) is 4.40. The number of rotatable bonds is 4. The Hall–Kier alpha value is -0.610. The molecule has 2 heterocycles. The Balaban J connectivity index is 1.82. The number of aliphatic carboxylic acids is 1. The largest absolute Gasteiger partial charge is 0.480 e. The highest BCUT2D eigenvalue weighted by Crippen LogP contribution is 2.24. The van der Waals surface area contributed by atoms with Crippen LogP contribution in [0.15, 0.2) is 0 Å². The summed E-state index contributed by atoms with van der Waals surface area (Å²) in [5.74, 6) is -0.126. The van der Waals surface area contributed by atoms with Crippen LogP contribution < -0.4 is 0 Å². The Bertz CT molecular complexity index is 263. The highest BCUT2D eigenvalue weighted by molar-refractivity contribution is 5.73. The van der Waals surface area contributed by atoms with Crippen molar-refractivity contribution in [3.63, 3.8) is 0 Å². The molecule has 0 bridgehead atoms. The SMILES string of the molecule is CC1CCN(CCC2CCCO2)C(C(=O)O)C1. The van der Waals surface area contributed by atoms with Gasteiger partial charge in [-0.3, -0.25) is 9.69 Å². The van der Waals surface area contributed by atoms with Crippen LogP contribution in [0.5, 0.6) is 0 Å². The number of hydrogen-bond acceptors (Lipinski definition) is 3. The molecule has 1 N–H and O–H groups in total. The van der Waals surface area contributed by atoms with E-state index in [4.69, 9.17) is 4.74 Å². The van der Waals surface area contributed by atoms with E-state index in [0.717, 1.165) is 51.8 Å². The normalized spacial score (nSPS) is 35.0. The van der Waals surface area contributed by atoms with Gasteiger partial charge in [-0.15, -0.1) is 0 Å². The van der Waals surface area contributed by atoms with E-state index in [-0.39, 0.29) is 6.04 Å². The van der Waals surface area contributed by atoms with Crippen molar-refractivity contribution in [3.05, 3.63) is 0 Å². The van der Waals surface area contributed by atoms with Gasteiger partial charge < -0.3 is 9.84 Å². The van der Waals surface area contributed by atoms with Gasteiger partial charge in [-0.2, -0.15) is 0 Å². The first-order chi connectivity index (χ1) is 8.16. The van der Waals surface area contributed by atoms with Crippen molar-refractivity contribution < 1.29 is 14.6 Å². The second-order valence-corrected chi connectivity index (χ2v) is 5.44. The summed E-state index contributed by atoms with van der Waals surface area (Å²) in [6.45, 7) is 4.82. The van der Waals surface area contributed by atoms with Gasteiger partial charge >= 0.3 is 5.97 Å². The number of carboxylic acid groups (broad SMARTS) is 1. The maximum absolute atomic E-state index is 11.2. The Morgan fingerprint density at radius 3 is 2.94 bits per heavy atom. The van der Waals surface area contributed by atoms with E-state index in [2.05, 4.69) is 11.8 Å². The topological polar surface area (TPSA) is 49.8 Å². The van der Waals surface area contributed by atoms with Crippen LogP contribution in [-0.2, 0) is 9.53 Å². The summed E-state index contributed by atoms with van der Waals surface area (Å²) < 4.78 is 5.59. The summed E-state index contributed by atoms with van der Waals surface area (Å²) in [4.78, 5) is 13.4. The Morgan fingerprint density at radius 1 is 1.47 bits per heavy atom. The molecule has 98 valence electrons. The predicted octanol–water partition coefficient (Wildman–Crippen LogP) is 1.74. The molecule has 0 aromatic heterocycles. The molecule has 2 aliphatic heterocycles. The molecule has 2 aliphatic rings. The van der Waals surface area contributed by atoms with Gasteiger partial charge in [0.2, 0.25) is 0 Å². The van der Waals surface area contributed by atoms with Gasteiger partial charge in [0.25, 0.3) is 0 Å². The first-order valence-electron chi connectivity index (χ1n) is 6.75. The number of likely N-dealkylation sites (tertiary alicyclic amines) is 1. The Morgan fingerprint density at radius 2 is 2.29 bits per heavy atom. The summed E-state index contributed by atoms with van der Waals surface area (Å²) in [5.41, 5.74) is 0. The third-order valence-electron chi connectivity index (χ3n) is 4.02. The average molecular weight is 241 g/mol. The maximum Gasteiger partial charge on any atom is 0.320 e. The zero-order chi connectivity index (χ0) is 12.3. The highest BCUT2D eigenvalue weighted by atomic mass is 16.5. The minimum atomic E-state index is -0.663. The fraction of sp³-hybridized carbons (Fsp3) is 0.923. The number of carbonyl (C=O) groups is 1. The number of hydrogen-bond donors (Lipinski definition) is 1. The molecule has 0 radical (unpaired) electrons. The van der Waals surface area contributed by atoms with E-state index >= 15 is 0 Å². The molecular formula is C13H23NO3. The molecule has 4 heteroatoms. The number of nitrogens with zero attached hydrogens (tertiary/aromatic N) is 1. The lowest BCUT2D eigenvalue weighted by molar-refractivity contribution is -0.145. The lowest BCUT2D eigenvalue weighted by Crippen LogP contribution is -2.47. The summed E-state index contributed by atoms with van der Waals surface area (Å²) >= 11 is 0. The number of carboxylic acids is 1. The second-order valence-electron chi connectivity index (χ2n) is 5.44. The molecule has 17 heavy (non-hydrogen) atoms.